The largest absolute Gasteiger partial charge is 0.497 e. The minimum absolute atomic E-state index is 0.0198. The number of methoxy groups -OCH3 is 2. The molecular formula is C39H52BN8O8PS2. The molecule has 0 radical (unpaired) electrons. The molecule has 4 N–H and O–H groups in total. The number of carbonyl (C=O) groups excluding carboxylic acids is 3. The van der Waals surface area contributed by atoms with E-state index in [2.05, 4.69) is 46.8 Å². The summed E-state index contributed by atoms with van der Waals surface area (Å²) in [4.78, 5) is 56.4. The number of ketones is 2. The molecule has 6 aromatic rings. The number of carboxylic acid groups (broad SMARTS) is 1. The second-order valence-corrected chi connectivity index (χ2v) is 16.0. The minimum atomic E-state index is -1.01. The van der Waals surface area contributed by atoms with Crippen LogP contribution in [0.15, 0.2) is 52.7 Å². The van der Waals surface area contributed by atoms with Crippen molar-refractivity contribution >= 4 is 95.3 Å². The van der Waals surface area contributed by atoms with Gasteiger partial charge in [0.1, 0.15) is 47.6 Å². The number of nitrogens with one attached hydrogen (secondary N) is 2. The Labute approximate surface area is 354 Å². The van der Waals surface area contributed by atoms with E-state index in [1.807, 2.05) is 37.0 Å². The number of hydrogen-bond donors (Lipinski definition) is 4. The van der Waals surface area contributed by atoms with Crippen LogP contribution in [0.1, 0.15) is 67.5 Å². The number of rotatable bonds is 14. The number of aliphatic carboxylic acids is 1. The zero-order valence-electron chi connectivity index (χ0n) is 34.7. The summed E-state index contributed by atoms with van der Waals surface area (Å²) in [6, 6.07) is 10.5. The zero-order valence-corrected chi connectivity index (χ0v) is 37.5. The van der Waals surface area contributed by atoms with E-state index in [-0.39, 0.29) is 49.0 Å². The predicted molar refractivity (Wildman–Crippen MR) is 238 cm³/mol. The molecule has 0 fully saturated rings. The Balaban J connectivity index is 0.000000253. The van der Waals surface area contributed by atoms with Crippen molar-refractivity contribution in [3.63, 3.8) is 0 Å². The Hall–Kier alpha value is -5.23. The fourth-order valence-corrected chi connectivity index (χ4v) is 6.36. The highest BCUT2D eigenvalue weighted by molar-refractivity contribution is 7.59. The standard InChI is InChI=1S/C19H22N4O3S.C14H16N2O4.C5H8N2S.CH6BOP/c1-5-17-21-15(10-27-17)20-16(24)9-23-14-8-12(26-4)6-7-13(14)18(22-23)19(25)11(2)3;1-8(2)14(19)13-10-5-4-9(20-3)6-11(10)16(15-13)7-12(17)18;1-2-6-5-3-8-4-7-5;1-2(3)4/h6-8,10-11H,5,9H2,1-4H3,(H,20,24);4-6,8H,7H2,1-3H3,(H,17,18);3-4,6H,2H2,1H3;3H,4H2,1H3. The van der Waals surface area contributed by atoms with Crippen molar-refractivity contribution in [3.05, 3.63) is 69.1 Å². The van der Waals surface area contributed by atoms with E-state index in [0.717, 1.165) is 23.8 Å². The van der Waals surface area contributed by atoms with Crippen LogP contribution in [-0.2, 0) is 29.1 Å². The maximum atomic E-state index is 12.5. The van der Waals surface area contributed by atoms with Gasteiger partial charge >= 0.3 is 12.6 Å². The number of carbonyl (C=O) groups is 4. The lowest BCUT2D eigenvalue weighted by Crippen LogP contribution is -2.20. The first-order chi connectivity index (χ1) is 28.0. The molecule has 20 heteroatoms. The molecule has 0 aliphatic carbocycles. The topological polar surface area (TPSA) is 213 Å². The second kappa shape index (κ2) is 23.4. The Bertz CT molecular complexity index is 2310. The fraction of sp³-hybridized carbons (Fsp3) is 0.385. The van der Waals surface area contributed by atoms with E-state index >= 15 is 0 Å². The van der Waals surface area contributed by atoms with Crippen molar-refractivity contribution in [2.75, 3.05) is 31.4 Å². The molecule has 0 aliphatic rings. The third-order valence-corrected chi connectivity index (χ3v) is 9.50. The number of fused-ring (bicyclic) bond motifs is 2. The van der Waals surface area contributed by atoms with Crippen LogP contribution in [0.5, 0.6) is 11.5 Å². The highest BCUT2D eigenvalue weighted by atomic mass is 32.1. The van der Waals surface area contributed by atoms with Gasteiger partial charge in [-0.05, 0) is 37.6 Å². The van der Waals surface area contributed by atoms with Gasteiger partial charge in [0, 0.05) is 52.0 Å². The number of amides is 1. The van der Waals surface area contributed by atoms with E-state index in [1.165, 1.54) is 27.8 Å². The summed E-state index contributed by atoms with van der Waals surface area (Å²) < 4.78 is 13.3. The van der Waals surface area contributed by atoms with Gasteiger partial charge in [-0.2, -0.15) is 10.2 Å². The van der Waals surface area contributed by atoms with Crippen molar-refractivity contribution in [3.8, 4) is 11.5 Å². The van der Waals surface area contributed by atoms with Crippen LogP contribution in [0.25, 0.3) is 21.8 Å². The number of aryl methyl sites for hydroxylation is 1. The molecule has 1 unspecified atom stereocenters. The Morgan fingerprint density at radius 1 is 0.847 bits per heavy atom. The smallest absolute Gasteiger partial charge is 0.325 e. The van der Waals surface area contributed by atoms with Crippen LogP contribution in [0.4, 0.5) is 11.6 Å². The third kappa shape index (κ3) is 14.2. The van der Waals surface area contributed by atoms with Gasteiger partial charge in [-0.15, -0.1) is 31.8 Å². The van der Waals surface area contributed by atoms with E-state index in [1.54, 1.807) is 75.5 Å². The molecule has 0 bridgehead atoms. The number of aromatic nitrogens is 6. The molecule has 16 nitrogen and oxygen atoms in total. The van der Waals surface area contributed by atoms with Gasteiger partial charge < -0.3 is 30.2 Å². The summed E-state index contributed by atoms with van der Waals surface area (Å²) in [6.45, 7) is 13.4. The minimum Gasteiger partial charge on any atom is -0.497 e. The summed E-state index contributed by atoms with van der Waals surface area (Å²) in [6.07, 6.45) is 0.824. The van der Waals surface area contributed by atoms with Crippen molar-refractivity contribution in [1.82, 2.24) is 29.5 Å². The number of ether oxygens (including phenoxy) is 2. The first-order valence-corrected chi connectivity index (χ1v) is 21.2. The van der Waals surface area contributed by atoms with Crippen LogP contribution in [-0.4, -0.2) is 90.5 Å². The molecular weight excluding hydrogens is 814 g/mol. The molecule has 1 amide bonds. The number of benzene rings is 2. The van der Waals surface area contributed by atoms with Gasteiger partial charge in [0.05, 0.1) is 35.8 Å². The normalized spacial score (nSPS) is 10.5. The van der Waals surface area contributed by atoms with Crippen molar-refractivity contribution < 1.29 is 38.8 Å². The Morgan fingerprint density at radius 2 is 1.36 bits per heavy atom. The van der Waals surface area contributed by atoms with Crippen LogP contribution in [0.3, 0.4) is 0 Å². The van der Waals surface area contributed by atoms with Gasteiger partial charge in [0.2, 0.25) is 5.91 Å². The molecule has 4 aromatic heterocycles. The van der Waals surface area contributed by atoms with Gasteiger partial charge in [-0.1, -0.05) is 41.4 Å². The molecule has 4 heterocycles. The molecule has 0 saturated carbocycles. The monoisotopic (exact) mass is 866 g/mol. The Kier molecular flexibility index (Phi) is 19.1. The van der Waals surface area contributed by atoms with Crippen LogP contribution in [0, 0.1) is 11.8 Å². The zero-order chi connectivity index (χ0) is 43.8. The molecule has 6 rings (SSSR count). The maximum Gasteiger partial charge on any atom is 0.325 e. The summed E-state index contributed by atoms with van der Waals surface area (Å²) in [5, 5.41) is 37.5. The molecule has 59 heavy (non-hydrogen) atoms. The van der Waals surface area contributed by atoms with Crippen molar-refractivity contribution in [2.45, 2.75) is 67.9 Å². The fourth-order valence-electron chi connectivity index (χ4n) is 5.17. The Morgan fingerprint density at radius 3 is 1.75 bits per heavy atom. The summed E-state index contributed by atoms with van der Waals surface area (Å²) in [7, 11) is 5.31. The number of Topliss-reactive ketones (excluding diaryl/α,β-unsaturated/α-hetero) is 2. The third-order valence-electron chi connectivity index (χ3n) is 7.92. The van der Waals surface area contributed by atoms with Crippen molar-refractivity contribution in [2.24, 2.45) is 11.8 Å². The maximum absolute atomic E-state index is 12.5. The molecule has 316 valence electrons. The number of nitrogens with zero attached hydrogens (tertiary/aromatic N) is 6. The average Bonchev–Trinajstić information content (AvgIpc) is 4.01. The quantitative estimate of drug-likeness (QED) is 0.0491. The van der Waals surface area contributed by atoms with Crippen LogP contribution >= 0.6 is 31.8 Å². The lowest BCUT2D eigenvalue weighted by atomic mass is 10.0. The summed E-state index contributed by atoms with van der Waals surface area (Å²) >= 11 is 3.11. The molecule has 0 aliphatic heterocycles. The highest BCUT2D eigenvalue weighted by Gasteiger charge is 2.22. The van der Waals surface area contributed by atoms with Crippen LogP contribution in [0.2, 0.25) is 6.82 Å². The van der Waals surface area contributed by atoms with Gasteiger partial charge in [-0.3, -0.25) is 28.5 Å². The molecule has 2 aromatic carbocycles. The lowest BCUT2D eigenvalue weighted by Gasteiger charge is -2.05. The van der Waals surface area contributed by atoms with E-state index in [9.17, 15) is 19.2 Å². The molecule has 1 atom stereocenters. The highest BCUT2D eigenvalue weighted by Crippen LogP contribution is 2.27. The van der Waals surface area contributed by atoms with Crippen molar-refractivity contribution in [1.29, 1.82) is 0 Å². The van der Waals surface area contributed by atoms with E-state index < -0.39 is 5.97 Å². The lowest BCUT2D eigenvalue weighted by molar-refractivity contribution is -0.137. The van der Waals surface area contributed by atoms with Crippen LogP contribution < -0.4 is 20.1 Å². The van der Waals surface area contributed by atoms with E-state index in [0.29, 0.717) is 50.5 Å². The first kappa shape index (κ1) is 48.1. The summed E-state index contributed by atoms with van der Waals surface area (Å²) in [5.74, 6) is 0.933. The number of hydrogen-bond acceptors (Lipinski definition) is 14. The number of carboxylic acids is 1. The summed E-state index contributed by atoms with van der Waals surface area (Å²) in [5.41, 5.74) is 3.76. The number of thiazole rings is 2. The van der Waals surface area contributed by atoms with Gasteiger partial charge in [0.15, 0.2) is 11.6 Å². The van der Waals surface area contributed by atoms with Gasteiger partial charge in [0.25, 0.3) is 0 Å². The van der Waals surface area contributed by atoms with E-state index in [4.69, 9.17) is 19.6 Å². The van der Waals surface area contributed by atoms with Gasteiger partial charge in [-0.25, -0.2) is 9.97 Å². The average molecular weight is 867 g/mol. The molecule has 0 spiro atoms. The first-order valence-electron chi connectivity index (χ1n) is 18.7. The molecule has 0 saturated heterocycles. The number of anilines is 2. The second-order valence-electron chi connectivity index (χ2n) is 13.4. The SMILES string of the molecule is CB(O)P.CCNc1cscn1.CCc1nc(NC(=O)Cn2nc(C(=O)C(C)C)c3ccc(OC)cc32)cs1.COc1ccc2c(C(=O)C(C)C)nn(CC(=O)O)c2c1. The predicted octanol–water partition coefficient (Wildman–Crippen LogP) is 7.06.